The van der Waals surface area contributed by atoms with E-state index in [1.54, 1.807) is 45.0 Å². The summed E-state index contributed by atoms with van der Waals surface area (Å²) >= 11 is 1.09. The van der Waals surface area contributed by atoms with Gasteiger partial charge in [-0.05, 0) is 49.7 Å². The summed E-state index contributed by atoms with van der Waals surface area (Å²) in [6, 6.07) is 12.4. The highest BCUT2D eigenvalue weighted by Crippen LogP contribution is 2.40. The molecule has 0 saturated carbocycles. The van der Waals surface area contributed by atoms with E-state index in [-0.39, 0.29) is 34.6 Å². The van der Waals surface area contributed by atoms with Crippen molar-refractivity contribution < 1.29 is 27.5 Å². The number of nitrogens with zero attached hydrogens (tertiary/aromatic N) is 3. The number of ether oxygens (including phenoxy) is 1. The highest BCUT2D eigenvalue weighted by Gasteiger charge is 2.36. The molecule has 0 spiro atoms. The summed E-state index contributed by atoms with van der Waals surface area (Å²) in [5, 5.41) is 9.41. The molecule has 1 atom stereocenters. The van der Waals surface area contributed by atoms with E-state index in [4.69, 9.17) is 15.0 Å². The van der Waals surface area contributed by atoms with Crippen molar-refractivity contribution in [3.05, 3.63) is 76.5 Å². The van der Waals surface area contributed by atoms with Gasteiger partial charge in [-0.15, -0.1) is 0 Å². The maximum absolute atomic E-state index is 13.5. The van der Waals surface area contributed by atoms with E-state index in [9.17, 15) is 22.8 Å². The summed E-state index contributed by atoms with van der Waals surface area (Å²) in [5.41, 5.74) is 0.811. The van der Waals surface area contributed by atoms with Gasteiger partial charge in [0, 0.05) is 17.8 Å². The lowest BCUT2D eigenvalue weighted by Crippen LogP contribution is -2.36. The molecule has 1 aliphatic rings. The van der Waals surface area contributed by atoms with E-state index in [2.05, 4.69) is 0 Å². The Hall–Kier alpha value is -3.58. The van der Waals surface area contributed by atoms with Gasteiger partial charge in [0.2, 0.25) is 0 Å². The predicted octanol–water partition coefficient (Wildman–Crippen LogP) is 6.04. The van der Waals surface area contributed by atoms with Gasteiger partial charge in [0.25, 0.3) is 0 Å². The second kappa shape index (κ2) is 11.4. The van der Waals surface area contributed by atoms with Crippen LogP contribution in [-0.4, -0.2) is 29.3 Å². The third-order valence-electron chi connectivity index (χ3n) is 5.47. The van der Waals surface area contributed by atoms with Gasteiger partial charge in [-0.2, -0.15) is 18.4 Å². The lowest BCUT2D eigenvalue weighted by Gasteiger charge is -2.35. The lowest BCUT2D eigenvalue weighted by atomic mass is 9.95. The fraction of sp³-hybridized carbons (Fsp3) is 0.308. The first-order chi connectivity index (χ1) is 17.1. The van der Waals surface area contributed by atoms with Gasteiger partial charge >= 0.3 is 12.1 Å². The van der Waals surface area contributed by atoms with Gasteiger partial charge in [-0.1, -0.05) is 36.9 Å². The Morgan fingerprint density at radius 3 is 2.44 bits per heavy atom. The molecule has 1 unspecified atom stereocenters. The van der Waals surface area contributed by atoms with Gasteiger partial charge < -0.3 is 4.74 Å². The SMILES string of the molecule is CCOC(=O)C1=C(C)N(c2cccc(C(F)(F)F)c2)C(SCC(=O)CC)=NC1c1ccc(C#N)cc1. The molecule has 0 radical (unpaired) electrons. The third kappa shape index (κ3) is 5.97. The van der Waals surface area contributed by atoms with Crippen LogP contribution in [0.4, 0.5) is 18.9 Å². The lowest BCUT2D eigenvalue weighted by molar-refractivity contribution is -0.139. The number of anilines is 1. The quantitative estimate of drug-likeness (QED) is 0.418. The summed E-state index contributed by atoms with van der Waals surface area (Å²) in [7, 11) is 0. The molecule has 0 aliphatic carbocycles. The molecular formula is C26H24F3N3O3S. The van der Waals surface area contributed by atoms with Crippen molar-refractivity contribution in [3.8, 4) is 6.07 Å². The monoisotopic (exact) mass is 515 g/mol. The van der Waals surface area contributed by atoms with Gasteiger partial charge in [0.1, 0.15) is 11.8 Å². The van der Waals surface area contributed by atoms with Crippen LogP contribution in [0, 0.1) is 11.3 Å². The molecule has 10 heteroatoms. The highest BCUT2D eigenvalue weighted by atomic mass is 32.2. The molecule has 1 heterocycles. The van der Waals surface area contributed by atoms with Gasteiger partial charge in [-0.25, -0.2) is 9.79 Å². The zero-order valence-corrected chi connectivity index (χ0v) is 20.7. The number of hydrogen-bond donors (Lipinski definition) is 0. The number of esters is 1. The van der Waals surface area contributed by atoms with Crippen molar-refractivity contribution in [2.45, 2.75) is 39.4 Å². The van der Waals surface area contributed by atoms with Crippen LogP contribution in [0.1, 0.15) is 49.9 Å². The second-order valence-electron chi connectivity index (χ2n) is 7.83. The van der Waals surface area contributed by atoms with Crippen LogP contribution in [0.25, 0.3) is 0 Å². The molecule has 0 amide bonds. The van der Waals surface area contributed by atoms with Crippen LogP contribution in [-0.2, 0) is 20.5 Å². The molecule has 0 N–H and O–H groups in total. The Balaban J connectivity index is 2.21. The van der Waals surface area contributed by atoms with Crippen LogP contribution < -0.4 is 4.90 Å². The number of halogens is 3. The number of rotatable bonds is 7. The zero-order valence-electron chi connectivity index (χ0n) is 19.9. The number of aliphatic imine (C=N–C) groups is 1. The summed E-state index contributed by atoms with van der Waals surface area (Å²) in [6.45, 7) is 5.08. The summed E-state index contributed by atoms with van der Waals surface area (Å²) in [4.78, 5) is 31.3. The molecule has 2 aromatic rings. The Kier molecular flexibility index (Phi) is 8.58. The maximum atomic E-state index is 13.5. The van der Waals surface area contributed by atoms with Crippen LogP contribution in [0.2, 0.25) is 0 Å². The first-order valence-electron chi connectivity index (χ1n) is 11.2. The molecule has 0 bridgehead atoms. The fourth-order valence-corrected chi connectivity index (χ4v) is 4.66. The number of hydrogen-bond acceptors (Lipinski definition) is 7. The molecule has 0 aromatic heterocycles. The number of nitriles is 1. The van der Waals surface area contributed by atoms with Crippen LogP contribution in [0.5, 0.6) is 0 Å². The Labute approximate surface area is 211 Å². The summed E-state index contributed by atoms with van der Waals surface area (Å²) < 4.78 is 45.7. The van der Waals surface area contributed by atoms with Gasteiger partial charge in [0.05, 0.1) is 35.1 Å². The van der Waals surface area contributed by atoms with Crippen molar-refractivity contribution >= 4 is 34.4 Å². The number of carbonyl (C=O) groups is 2. The maximum Gasteiger partial charge on any atom is 0.416 e. The normalized spacial score (nSPS) is 15.9. The Bertz CT molecular complexity index is 1250. The highest BCUT2D eigenvalue weighted by molar-refractivity contribution is 8.14. The van der Waals surface area contributed by atoms with E-state index < -0.39 is 23.8 Å². The molecule has 188 valence electrons. The van der Waals surface area contributed by atoms with Crippen LogP contribution >= 0.6 is 11.8 Å². The number of ketones is 1. The van der Waals surface area contributed by atoms with E-state index in [0.717, 1.165) is 23.9 Å². The minimum atomic E-state index is -4.57. The van der Waals surface area contributed by atoms with Gasteiger partial charge in [-0.3, -0.25) is 9.69 Å². The Morgan fingerprint density at radius 1 is 1.17 bits per heavy atom. The number of Topliss-reactive ketones (excluding diaryl/α,β-unsaturated/α-hetero) is 1. The number of alkyl halides is 3. The molecule has 1 aliphatic heterocycles. The minimum absolute atomic E-state index is 0.0561. The molecule has 2 aromatic carbocycles. The number of benzene rings is 2. The first kappa shape index (κ1) is 27.0. The number of carbonyl (C=O) groups excluding carboxylic acids is 2. The van der Waals surface area contributed by atoms with Crippen molar-refractivity contribution in [3.63, 3.8) is 0 Å². The number of amidine groups is 1. The van der Waals surface area contributed by atoms with Crippen molar-refractivity contribution in [2.24, 2.45) is 4.99 Å². The predicted molar refractivity (Wildman–Crippen MR) is 132 cm³/mol. The molecule has 0 saturated heterocycles. The van der Waals surface area contributed by atoms with E-state index in [1.807, 2.05) is 6.07 Å². The van der Waals surface area contributed by atoms with E-state index in [0.29, 0.717) is 23.2 Å². The molecule has 6 nitrogen and oxygen atoms in total. The van der Waals surface area contributed by atoms with Crippen molar-refractivity contribution in [1.82, 2.24) is 0 Å². The van der Waals surface area contributed by atoms with E-state index >= 15 is 0 Å². The number of allylic oxidation sites excluding steroid dienone is 1. The van der Waals surface area contributed by atoms with Crippen molar-refractivity contribution in [2.75, 3.05) is 17.3 Å². The topological polar surface area (TPSA) is 82.8 Å². The Morgan fingerprint density at radius 2 is 1.86 bits per heavy atom. The first-order valence-corrected chi connectivity index (χ1v) is 12.2. The summed E-state index contributed by atoms with van der Waals surface area (Å²) in [5.74, 6) is -0.648. The fourth-order valence-electron chi connectivity index (χ4n) is 3.62. The molecule has 36 heavy (non-hydrogen) atoms. The zero-order chi connectivity index (χ0) is 26.5. The number of thioether (sulfide) groups is 1. The molecular weight excluding hydrogens is 491 g/mol. The van der Waals surface area contributed by atoms with Gasteiger partial charge in [0.15, 0.2) is 5.17 Å². The van der Waals surface area contributed by atoms with Crippen LogP contribution in [0.3, 0.4) is 0 Å². The second-order valence-corrected chi connectivity index (χ2v) is 8.77. The minimum Gasteiger partial charge on any atom is -0.463 e. The molecule has 0 fully saturated rings. The van der Waals surface area contributed by atoms with Crippen molar-refractivity contribution in [1.29, 1.82) is 5.26 Å². The molecule has 3 rings (SSSR count). The average molecular weight is 516 g/mol. The van der Waals surface area contributed by atoms with E-state index in [1.165, 1.54) is 17.0 Å². The third-order valence-corrected chi connectivity index (χ3v) is 6.48. The largest absolute Gasteiger partial charge is 0.463 e. The standard InChI is InChI=1S/C26H24F3N3O3S/c1-4-21(33)15-36-25-31-23(18-11-9-17(14-30)10-12-18)22(24(34)35-5-2)16(3)32(25)20-8-6-7-19(13-20)26(27,28)29/h6-13,23H,4-5,15H2,1-3H3. The summed E-state index contributed by atoms with van der Waals surface area (Å²) in [6.07, 6.45) is -4.27. The smallest absolute Gasteiger partial charge is 0.416 e. The average Bonchev–Trinajstić information content (AvgIpc) is 2.86. The van der Waals surface area contributed by atoms with Crippen LogP contribution in [0.15, 0.2) is 64.8 Å².